The average molecular weight is 243 g/mol. The Hall–Kier alpha value is -1.53. The molecular formula is C15H17NO2. The lowest BCUT2D eigenvalue weighted by Gasteiger charge is -2.14. The third-order valence-corrected chi connectivity index (χ3v) is 4.12. The van der Waals surface area contributed by atoms with Crippen molar-refractivity contribution in [3.05, 3.63) is 29.3 Å². The second-order valence-corrected chi connectivity index (χ2v) is 5.54. The average Bonchev–Trinajstić information content (AvgIpc) is 3.05. The number of nitriles is 1. The van der Waals surface area contributed by atoms with Crippen LogP contribution in [-0.2, 0) is 6.42 Å². The number of hydrogen-bond donors (Lipinski definition) is 1. The predicted octanol–water partition coefficient (Wildman–Crippen LogP) is 2.74. The fraction of sp³-hybridized carbons (Fsp3) is 0.533. The minimum Gasteiger partial charge on any atom is -0.493 e. The molecule has 1 aromatic rings. The molecule has 1 saturated carbocycles. The molecule has 2 aliphatic rings. The Labute approximate surface area is 107 Å². The molecule has 3 nitrogen and oxygen atoms in total. The van der Waals surface area contributed by atoms with Crippen molar-refractivity contribution in [1.29, 1.82) is 5.26 Å². The molecule has 0 aromatic heterocycles. The lowest BCUT2D eigenvalue weighted by Crippen LogP contribution is -2.12. The number of ether oxygens (including phenoxy) is 1. The highest BCUT2D eigenvalue weighted by Crippen LogP contribution is 2.48. The van der Waals surface area contributed by atoms with Crippen LogP contribution in [0.15, 0.2) is 18.2 Å². The quantitative estimate of drug-likeness (QED) is 0.884. The fourth-order valence-electron chi connectivity index (χ4n) is 2.61. The highest BCUT2D eigenvalue weighted by atomic mass is 16.5. The zero-order valence-electron chi connectivity index (χ0n) is 10.4. The van der Waals surface area contributed by atoms with Crippen LogP contribution in [-0.4, -0.2) is 11.7 Å². The van der Waals surface area contributed by atoms with E-state index in [1.807, 2.05) is 18.2 Å². The van der Waals surface area contributed by atoms with Crippen molar-refractivity contribution in [1.82, 2.24) is 0 Å². The molecule has 0 amide bonds. The molecular weight excluding hydrogens is 226 g/mol. The van der Waals surface area contributed by atoms with Gasteiger partial charge in [0.2, 0.25) is 0 Å². The molecule has 0 bridgehead atoms. The molecule has 2 aliphatic carbocycles. The third kappa shape index (κ3) is 2.09. The highest BCUT2D eigenvalue weighted by molar-refractivity contribution is 5.39. The van der Waals surface area contributed by atoms with Gasteiger partial charge in [0, 0.05) is 11.8 Å². The van der Waals surface area contributed by atoms with Crippen LogP contribution in [0.3, 0.4) is 0 Å². The van der Waals surface area contributed by atoms with Gasteiger partial charge in [0.15, 0.2) is 0 Å². The maximum absolute atomic E-state index is 9.73. The number of aryl methyl sites for hydroxylation is 1. The van der Waals surface area contributed by atoms with Gasteiger partial charge < -0.3 is 9.84 Å². The first-order valence-corrected chi connectivity index (χ1v) is 6.53. The molecule has 94 valence electrons. The molecule has 1 atom stereocenters. The SMILES string of the molecule is N#CCC1(COc2ccc3c(c2)CC[C@@H]3O)CC1. The van der Waals surface area contributed by atoms with Gasteiger partial charge in [-0.1, -0.05) is 6.07 Å². The zero-order valence-corrected chi connectivity index (χ0v) is 10.4. The van der Waals surface area contributed by atoms with Crippen LogP contribution in [0, 0.1) is 16.7 Å². The minimum atomic E-state index is -0.303. The summed E-state index contributed by atoms with van der Waals surface area (Å²) < 4.78 is 5.81. The first-order chi connectivity index (χ1) is 8.72. The van der Waals surface area contributed by atoms with Gasteiger partial charge in [-0.2, -0.15) is 5.26 Å². The van der Waals surface area contributed by atoms with Gasteiger partial charge in [0.1, 0.15) is 5.75 Å². The topological polar surface area (TPSA) is 53.2 Å². The predicted molar refractivity (Wildman–Crippen MR) is 67.1 cm³/mol. The van der Waals surface area contributed by atoms with Crippen molar-refractivity contribution in [2.24, 2.45) is 5.41 Å². The van der Waals surface area contributed by atoms with Crippen LogP contribution < -0.4 is 4.74 Å². The largest absolute Gasteiger partial charge is 0.493 e. The van der Waals surface area contributed by atoms with Gasteiger partial charge in [0.05, 0.1) is 18.8 Å². The smallest absolute Gasteiger partial charge is 0.119 e. The summed E-state index contributed by atoms with van der Waals surface area (Å²) in [6.07, 6.45) is 4.24. The molecule has 0 aliphatic heterocycles. The normalized spacial score (nSPS) is 23.2. The summed E-state index contributed by atoms with van der Waals surface area (Å²) in [5.74, 6) is 0.868. The summed E-state index contributed by atoms with van der Waals surface area (Å²) in [5.41, 5.74) is 2.36. The molecule has 0 unspecified atom stereocenters. The van der Waals surface area contributed by atoms with E-state index in [0.29, 0.717) is 13.0 Å². The first-order valence-electron chi connectivity index (χ1n) is 6.53. The number of aliphatic hydroxyl groups excluding tert-OH is 1. The van der Waals surface area contributed by atoms with Crippen molar-refractivity contribution < 1.29 is 9.84 Å². The summed E-state index contributed by atoms with van der Waals surface area (Å²) in [6, 6.07) is 8.17. The fourth-order valence-corrected chi connectivity index (χ4v) is 2.61. The number of benzene rings is 1. The Bertz CT molecular complexity index is 500. The van der Waals surface area contributed by atoms with Crippen LogP contribution >= 0.6 is 0 Å². The molecule has 0 saturated heterocycles. The second-order valence-electron chi connectivity index (χ2n) is 5.54. The van der Waals surface area contributed by atoms with Crippen LogP contribution in [0.2, 0.25) is 0 Å². The first kappa shape index (κ1) is 11.6. The van der Waals surface area contributed by atoms with Gasteiger partial charge in [-0.05, 0) is 48.9 Å². The monoisotopic (exact) mass is 243 g/mol. The van der Waals surface area contributed by atoms with E-state index in [2.05, 4.69) is 6.07 Å². The molecule has 3 rings (SSSR count). The Morgan fingerprint density at radius 1 is 1.44 bits per heavy atom. The molecule has 1 aromatic carbocycles. The maximum atomic E-state index is 9.73. The van der Waals surface area contributed by atoms with Gasteiger partial charge in [-0.15, -0.1) is 0 Å². The molecule has 3 heteroatoms. The number of nitrogens with zero attached hydrogens (tertiary/aromatic N) is 1. The Kier molecular flexibility index (Phi) is 2.76. The molecule has 1 N–H and O–H groups in total. The van der Waals surface area contributed by atoms with E-state index in [-0.39, 0.29) is 11.5 Å². The minimum absolute atomic E-state index is 0.118. The Balaban J connectivity index is 1.66. The number of fused-ring (bicyclic) bond motifs is 1. The molecule has 18 heavy (non-hydrogen) atoms. The summed E-state index contributed by atoms with van der Waals surface area (Å²) in [7, 11) is 0. The van der Waals surface area contributed by atoms with Crippen LogP contribution in [0.25, 0.3) is 0 Å². The Morgan fingerprint density at radius 3 is 3.00 bits per heavy atom. The zero-order chi connectivity index (χ0) is 12.6. The number of hydrogen-bond acceptors (Lipinski definition) is 3. The van der Waals surface area contributed by atoms with Crippen molar-refractivity contribution in [2.45, 2.75) is 38.2 Å². The Morgan fingerprint density at radius 2 is 2.28 bits per heavy atom. The van der Waals surface area contributed by atoms with E-state index in [0.717, 1.165) is 37.0 Å². The van der Waals surface area contributed by atoms with Crippen LogP contribution in [0.1, 0.15) is 42.9 Å². The molecule has 0 spiro atoms. The summed E-state index contributed by atoms with van der Waals surface area (Å²) in [4.78, 5) is 0. The van der Waals surface area contributed by atoms with Crippen molar-refractivity contribution in [3.63, 3.8) is 0 Å². The van der Waals surface area contributed by atoms with E-state index < -0.39 is 0 Å². The molecule has 0 radical (unpaired) electrons. The molecule has 1 fully saturated rings. The lowest BCUT2D eigenvalue weighted by atomic mass is 10.1. The maximum Gasteiger partial charge on any atom is 0.119 e. The number of aliphatic hydroxyl groups is 1. The van der Waals surface area contributed by atoms with Gasteiger partial charge >= 0.3 is 0 Å². The van der Waals surface area contributed by atoms with Crippen molar-refractivity contribution >= 4 is 0 Å². The van der Waals surface area contributed by atoms with Crippen molar-refractivity contribution in [2.75, 3.05) is 6.61 Å². The second kappa shape index (κ2) is 4.29. The third-order valence-electron chi connectivity index (χ3n) is 4.12. The summed E-state index contributed by atoms with van der Waals surface area (Å²) in [6.45, 7) is 0.641. The standard InChI is InChI=1S/C15H17NO2/c16-8-7-15(5-6-15)10-18-12-2-3-13-11(9-12)1-4-14(13)17/h2-3,9,14,17H,1,4-7,10H2/t14-/m0/s1. The van der Waals surface area contributed by atoms with E-state index in [9.17, 15) is 5.11 Å². The summed E-state index contributed by atoms with van der Waals surface area (Å²) >= 11 is 0. The van der Waals surface area contributed by atoms with Crippen LogP contribution in [0.5, 0.6) is 5.75 Å². The van der Waals surface area contributed by atoms with Crippen LogP contribution in [0.4, 0.5) is 0 Å². The van der Waals surface area contributed by atoms with Gasteiger partial charge in [-0.25, -0.2) is 0 Å². The van der Waals surface area contributed by atoms with E-state index in [4.69, 9.17) is 10.00 Å². The van der Waals surface area contributed by atoms with E-state index in [1.54, 1.807) is 0 Å². The summed E-state index contributed by atoms with van der Waals surface area (Å²) in [5, 5.41) is 18.5. The molecule has 0 heterocycles. The van der Waals surface area contributed by atoms with Gasteiger partial charge in [0.25, 0.3) is 0 Å². The highest BCUT2D eigenvalue weighted by Gasteiger charge is 2.43. The van der Waals surface area contributed by atoms with Crippen molar-refractivity contribution in [3.8, 4) is 11.8 Å². The van der Waals surface area contributed by atoms with E-state index >= 15 is 0 Å². The lowest BCUT2D eigenvalue weighted by molar-refractivity contribution is 0.180. The van der Waals surface area contributed by atoms with E-state index in [1.165, 1.54) is 5.56 Å². The van der Waals surface area contributed by atoms with Gasteiger partial charge in [-0.3, -0.25) is 0 Å². The number of rotatable bonds is 4.